The summed E-state index contributed by atoms with van der Waals surface area (Å²) in [5.41, 5.74) is 2.78. The molecule has 0 saturated carbocycles. The van der Waals surface area contributed by atoms with Gasteiger partial charge in [0.1, 0.15) is 5.75 Å². The van der Waals surface area contributed by atoms with Gasteiger partial charge >= 0.3 is 8.80 Å². The fourth-order valence-electron chi connectivity index (χ4n) is 1.70. The summed E-state index contributed by atoms with van der Waals surface area (Å²) < 4.78 is 23.1. The molecular weight excluding hydrogens is 272 g/mol. The Labute approximate surface area is 122 Å². The van der Waals surface area contributed by atoms with E-state index in [2.05, 4.69) is 12.3 Å². The highest BCUT2D eigenvalue weighted by molar-refractivity contribution is 6.68. The third-order valence-corrected chi connectivity index (χ3v) is 5.25. The molecule has 0 amide bonds. The van der Waals surface area contributed by atoms with Crippen molar-refractivity contribution < 1.29 is 18.0 Å². The Morgan fingerprint density at radius 1 is 1.00 bits per heavy atom. The first-order chi connectivity index (χ1) is 9.72. The standard InChI is InChI=1S/C15H22O4Si/c1-5-15(19-14-12-10-9-11-13-14)20(16-6-2,17-7-3)18-8-4/h9-13H,1,6-8H2,2-4H3. The van der Waals surface area contributed by atoms with Gasteiger partial charge in [0.2, 0.25) is 5.38 Å². The first-order valence-corrected chi connectivity index (χ1v) is 8.50. The van der Waals surface area contributed by atoms with E-state index in [1.54, 1.807) is 0 Å². The molecule has 0 aliphatic rings. The van der Waals surface area contributed by atoms with Gasteiger partial charge in [0.15, 0.2) is 0 Å². The molecule has 0 atom stereocenters. The molecule has 1 aromatic carbocycles. The van der Waals surface area contributed by atoms with E-state index in [0.717, 1.165) is 0 Å². The highest BCUT2D eigenvalue weighted by atomic mass is 28.4. The predicted molar refractivity (Wildman–Crippen MR) is 80.4 cm³/mol. The van der Waals surface area contributed by atoms with Crippen molar-refractivity contribution in [2.45, 2.75) is 20.8 Å². The lowest BCUT2D eigenvalue weighted by Crippen LogP contribution is -2.49. The number of para-hydroxylation sites is 1. The average molecular weight is 294 g/mol. The number of benzene rings is 1. The van der Waals surface area contributed by atoms with E-state index in [4.69, 9.17) is 18.0 Å². The fraction of sp³-hybridized carbons (Fsp3) is 0.400. The summed E-state index contributed by atoms with van der Waals surface area (Å²) in [6, 6.07) is 9.39. The van der Waals surface area contributed by atoms with E-state index in [9.17, 15) is 0 Å². The molecule has 0 bridgehead atoms. The van der Waals surface area contributed by atoms with Gasteiger partial charge < -0.3 is 18.0 Å². The summed E-state index contributed by atoms with van der Waals surface area (Å²) in [5, 5.41) is 0.397. The van der Waals surface area contributed by atoms with Crippen LogP contribution in [0.15, 0.2) is 48.0 Å². The van der Waals surface area contributed by atoms with E-state index < -0.39 is 8.80 Å². The van der Waals surface area contributed by atoms with Gasteiger partial charge in [0, 0.05) is 19.8 Å². The monoisotopic (exact) mass is 294 g/mol. The molecular formula is C15H22O4Si. The molecule has 20 heavy (non-hydrogen) atoms. The quantitative estimate of drug-likeness (QED) is 0.398. The molecule has 0 aliphatic heterocycles. The molecule has 1 aromatic rings. The lowest BCUT2D eigenvalue weighted by Gasteiger charge is -2.28. The summed E-state index contributed by atoms with van der Waals surface area (Å²) in [4.78, 5) is 0. The average Bonchev–Trinajstić information content (AvgIpc) is 2.46. The van der Waals surface area contributed by atoms with E-state index >= 15 is 0 Å². The number of hydrogen-bond donors (Lipinski definition) is 0. The Morgan fingerprint density at radius 2 is 1.50 bits per heavy atom. The van der Waals surface area contributed by atoms with Crippen molar-refractivity contribution in [3.8, 4) is 5.75 Å². The highest BCUT2D eigenvalue weighted by Gasteiger charge is 2.48. The van der Waals surface area contributed by atoms with Crippen LogP contribution in [0.5, 0.6) is 5.75 Å². The van der Waals surface area contributed by atoms with Gasteiger partial charge in [-0.2, -0.15) is 0 Å². The molecule has 0 aromatic heterocycles. The van der Waals surface area contributed by atoms with Crippen molar-refractivity contribution in [2.24, 2.45) is 0 Å². The Kier molecular flexibility index (Phi) is 7.29. The van der Waals surface area contributed by atoms with Crippen LogP contribution in [0.4, 0.5) is 0 Å². The summed E-state index contributed by atoms with van der Waals surface area (Å²) in [7, 11) is -3.09. The highest BCUT2D eigenvalue weighted by Crippen LogP contribution is 2.23. The third kappa shape index (κ3) is 4.33. The molecule has 0 radical (unpaired) electrons. The number of rotatable bonds is 9. The van der Waals surface area contributed by atoms with Gasteiger partial charge in [0.05, 0.1) is 0 Å². The smallest absolute Gasteiger partial charge is 0.450 e. The Bertz CT molecular complexity index is 423. The Hall–Kier alpha value is -1.36. The maximum Gasteiger partial charge on any atom is 0.583 e. The fourth-order valence-corrected chi connectivity index (χ4v) is 3.95. The second kappa shape index (κ2) is 8.74. The van der Waals surface area contributed by atoms with Gasteiger partial charge in [0.25, 0.3) is 0 Å². The van der Waals surface area contributed by atoms with Crippen LogP contribution in [-0.4, -0.2) is 28.6 Å². The van der Waals surface area contributed by atoms with Crippen LogP contribution in [0, 0.1) is 0 Å². The van der Waals surface area contributed by atoms with Gasteiger partial charge in [-0.15, -0.1) is 0 Å². The predicted octanol–water partition coefficient (Wildman–Crippen LogP) is 3.32. The zero-order valence-electron chi connectivity index (χ0n) is 12.3. The van der Waals surface area contributed by atoms with Crippen molar-refractivity contribution in [3.05, 3.63) is 48.0 Å². The first kappa shape index (κ1) is 16.7. The van der Waals surface area contributed by atoms with Crippen molar-refractivity contribution in [1.29, 1.82) is 0 Å². The molecule has 0 spiro atoms. The first-order valence-electron chi connectivity index (χ1n) is 6.77. The summed E-state index contributed by atoms with van der Waals surface area (Å²) in [5.74, 6) is 0.676. The zero-order chi connectivity index (χ0) is 14.8. The zero-order valence-corrected chi connectivity index (χ0v) is 13.3. The van der Waals surface area contributed by atoms with Crippen LogP contribution >= 0.6 is 0 Å². The van der Waals surface area contributed by atoms with Gasteiger partial charge in [-0.3, -0.25) is 0 Å². The molecule has 0 aliphatic carbocycles. The van der Waals surface area contributed by atoms with Gasteiger partial charge in [-0.25, -0.2) is 0 Å². The van der Waals surface area contributed by atoms with E-state index in [0.29, 0.717) is 31.0 Å². The maximum atomic E-state index is 5.82. The largest absolute Gasteiger partial charge is 0.583 e. The normalized spacial score (nSPS) is 10.9. The van der Waals surface area contributed by atoms with Crippen LogP contribution in [0.25, 0.3) is 0 Å². The minimum atomic E-state index is -3.09. The third-order valence-electron chi connectivity index (χ3n) is 2.40. The van der Waals surface area contributed by atoms with Crippen LogP contribution in [-0.2, 0) is 13.3 Å². The number of hydrogen-bond acceptors (Lipinski definition) is 4. The van der Waals surface area contributed by atoms with Crippen LogP contribution < -0.4 is 4.74 Å². The maximum absolute atomic E-state index is 5.82. The lowest BCUT2D eigenvalue weighted by molar-refractivity contribution is 0.0698. The van der Waals surface area contributed by atoms with Gasteiger partial charge in [-0.05, 0) is 32.9 Å². The van der Waals surface area contributed by atoms with Crippen molar-refractivity contribution in [3.63, 3.8) is 0 Å². The molecule has 4 nitrogen and oxygen atoms in total. The second-order valence-corrected chi connectivity index (χ2v) is 6.21. The van der Waals surface area contributed by atoms with Crippen LogP contribution in [0.3, 0.4) is 0 Å². The Morgan fingerprint density at radius 3 is 1.90 bits per heavy atom. The summed E-state index contributed by atoms with van der Waals surface area (Å²) in [6.07, 6.45) is 0. The number of ether oxygens (including phenoxy) is 1. The molecule has 1 rings (SSSR count). The van der Waals surface area contributed by atoms with Crippen molar-refractivity contribution in [1.82, 2.24) is 0 Å². The van der Waals surface area contributed by atoms with E-state index in [1.165, 1.54) is 0 Å². The van der Waals surface area contributed by atoms with E-state index in [-0.39, 0.29) is 0 Å². The van der Waals surface area contributed by atoms with Crippen LogP contribution in [0.1, 0.15) is 20.8 Å². The van der Waals surface area contributed by atoms with Crippen molar-refractivity contribution >= 4 is 8.80 Å². The van der Waals surface area contributed by atoms with E-state index in [1.807, 2.05) is 51.1 Å². The molecule has 0 saturated heterocycles. The summed E-state index contributed by atoms with van der Waals surface area (Å²) in [6.45, 7) is 10.8. The molecule has 5 heteroatoms. The van der Waals surface area contributed by atoms with Crippen LogP contribution in [0.2, 0.25) is 0 Å². The lowest BCUT2D eigenvalue weighted by atomic mass is 10.3. The molecule has 110 valence electrons. The summed E-state index contributed by atoms with van der Waals surface area (Å²) >= 11 is 0. The SMILES string of the molecule is C=C=C(Oc1ccccc1)[Si](OCC)(OCC)OCC. The molecule has 0 N–H and O–H groups in total. The minimum Gasteiger partial charge on any atom is -0.450 e. The molecule has 0 heterocycles. The topological polar surface area (TPSA) is 36.9 Å². The minimum absolute atomic E-state index is 0.397. The van der Waals surface area contributed by atoms with Gasteiger partial charge in [-0.1, -0.05) is 30.5 Å². The second-order valence-electron chi connectivity index (χ2n) is 3.78. The molecule has 0 unspecified atom stereocenters. The van der Waals surface area contributed by atoms with Crippen molar-refractivity contribution in [2.75, 3.05) is 19.8 Å². The Balaban J connectivity index is 3.04. The molecule has 0 fully saturated rings.